The van der Waals surface area contributed by atoms with Crippen molar-refractivity contribution < 1.29 is 23.8 Å². The highest BCUT2D eigenvalue weighted by molar-refractivity contribution is 6.39. The molecule has 6 nitrogen and oxygen atoms in total. The van der Waals surface area contributed by atoms with Gasteiger partial charge in [0.2, 0.25) is 0 Å². The second-order valence-electron chi connectivity index (χ2n) is 7.30. The molecule has 1 aliphatic carbocycles. The molecule has 0 saturated heterocycles. The minimum Gasteiger partial charge on any atom is -0.497 e. The lowest BCUT2D eigenvalue weighted by atomic mass is 9.84. The summed E-state index contributed by atoms with van der Waals surface area (Å²) in [5, 5.41) is 3.49. The van der Waals surface area contributed by atoms with Crippen molar-refractivity contribution in [1.29, 1.82) is 0 Å². The number of esters is 1. The Morgan fingerprint density at radius 1 is 1.09 bits per heavy atom. The van der Waals surface area contributed by atoms with E-state index in [1.807, 2.05) is 12.2 Å². The number of benzene rings is 2. The Morgan fingerprint density at radius 3 is 2.44 bits per heavy atom. The number of carbonyl (C=O) groups is 2. The lowest BCUT2D eigenvalue weighted by Gasteiger charge is -2.24. The van der Waals surface area contributed by atoms with Gasteiger partial charge in [0.05, 0.1) is 42.4 Å². The number of nitrogens with one attached hydrogen (secondary N) is 1. The molecule has 0 saturated carbocycles. The van der Waals surface area contributed by atoms with E-state index in [1.165, 1.54) is 0 Å². The molecule has 1 aliphatic rings. The Kier molecular flexibility index (Phi) is 8.04. The number of rotatable bonds is 8. The summed E-state index contributed by atoms with van der Waals surface area (Å²) in [4.78, 5) is 25.7. The average Bonchev–Trinajstić information content (AvgIpc) is 3.21. The van der Waals surface area contributed by atoms with E-state index in [0.29, 0.717) is 23.5 Å². The first kappa shape index (κ1) is 24.0. The summed E-state index contributed by atoms with van der Waals surface area (Å²) in [6.45, 7) is 2.02. The predicted octanol–water partition coefficient (Wildman–Crippen LogP) is 5.03. The van der Waals surface area contributed by atoms with Crippen molar-refractivity contribution in [2.24, 2.45) is 5.92 Å². The Labute approximate surface area is 197 Å². The fraction of sp³-hybridized carbons (Fsp3) is 0.333. The zero-order valence-corrected chi connectivity index (χ0v) is 19.6. The van der Waals surface area contributed by atoms with Gasteiger partial charge in [-0.15, -0.1) is 0 Å². The molecule has 0 radical (unpaired) electrons. The SMILES string of the molecule is CCOC(=O)[C@H](c1cc(OC)ccc1OC)[C@H]1C=C[C@@H](NC(=O)c2c(Cl)cccc2Cl)C1. The summed E-state index contributed by atoms with van der Waals surface area (Å²) < 4.78 is 16.2. The minimum absolute atomic E-state index is 0.220. The molecule has 0 spiro atoms. The van der Waals surface area contributed by atoms with E-state index >= 15 is 0 Å². The van der Waals surface area contributed by atoms with E-state index in [0.717, 1.165) is 0 Å². The molecule has 2 aromatic rings. The van der Waals surface area contributed by atoms with Gasteiger partial charge in [-0.3, -0.25) is 9.59 Å². The predicted molar refractivity (Wildman–Crippen MR) is 124 cm³/mol. The molecule has 32 heavy (non-hydrogen) atoms. The summed E-state index contributed by atoms with van der Waals surface area (Å²) in [5.41, 5.74) is 0.894. The molecular formula is C24H25Cl2NO5. The first-order chi connectivity index (χ1) is 15.4. The highest BCUT2D eigenvalue weighted by Crippen LogP contribution is 2.40. The van der Waals surface area contributed by atoms with Gasteiger partial charge in [-0.05, 0) is 49.6 Å². The number of hydrogen-bond acceptors (Lipinski definition) is 5. The van der Waals surface area contributed by atoms with Crippen LogP contribution in [0.15, 0.2) is 48.6 Å². The van der Waals surface area contributed by atoms with Crippen LogP contribution in [0.5, 0.6) is 11.5 Å². The second kappa shape index (κ2) is 10.7. The highest BCUT2D eigenvalue weighted by Gasteiger charge is 2.36. The second-order valence-corrected chi connectivity index (χ2v) is 8.11. The van der Waals surface area contributed by atoms with Gasteiger partial charge in [0.1, 0.15) is 11.5 Å². The standard InChI is InChI=1S/C24H25Cl2NO5/c1-4-32-24(29)21(17-13-16(30-2)10-11-20(17)31-3)14-8-9-15(12-14)27-23(28)22-18(25)6-5-7-19(22)26/h5-11,13-15,21H,4,12H2,1-3H3,(H,27,28)/t14-,15+,21-/m0/s1. The molecule has 1 amide bonds. The third kappa shape index (κ3) is 5.19. The van der Waals surface area contributed by atoms with E-state index < -0.39 is 5.92 Å². The minimum atomic E-state index is -0.623. The fourth-order valence-electron chi connectivity index (χ4n) is 3.88. The molecule has 0 aliphatic heterocycles. The molecule has 0 fully saturated rings. The van der Waals surface area contributed by atoms with E-state index in [4.69, 9.17) is 37.4 Å². The van der Waals surface area contributed by atoms with Crippen LogP contribution < -0.4 is 14.8 Å². The van der Waals surface area contributed by atoms with Crippen molar-refractivity contribution in [3.8, 4) is 11.5 Å². The quantitative estimate of drug-likeness (QED) is 0.426. The molecule has 0 heterocycles. The Bertz CT molecular complexity index is 1000. The maximum atomic E-state index is 13.0. The molecule has 3 rings (SSSR count). The Hall–Kier alpha value is -2.70. The maximum absolute atomic E-state index is 13.0. The van der Waals surface area contributed by atoms with Crippen molar-refractivity contribution in [2.45, 2.75) is 25.3 Å². The third-order valence-corrected chi connectivity index (χ3v) is 5.99. The van der Waals surface area contributed by atoms with Crippen LogP contribution >= 0.6 is 23.2 Å². The number of methoxy groups -OCH3 is 2. The molecule has 170 valence electrons. The smallest absolute Gasteiger partial charge is 0.314 e. The molecule has 0 bridgehead atoms. The van der Waals surface area contributed by atoms with Crippen LogP contribution in [0.25, 0.3) is 0 Å². The van der Waals surface area contributed by atoms with Crippen LogP contribution in [-0.4, -0.2) is 38.7 Å². The van der Waals surface area contributed by atoms with Crippen LogP contribution in [0.1, 0.15) is 35.2 Å². The maximum Gasteiger partial charge on any atom is 0.314 e. The van der Waals surface area contributed by atoms with Gasteiger partial charge in [-0.1, -0.05) is 41.4 Å². The van der Waals surface area contributed by atoms with Gasteiger partial charge >= 0.3 is 5.97 Å². The van der Waals surface area contributed by atoms with E-state index in [9.17, 15) is 9.59 Å². The summed E-state index contributed by atoms with van der Waals surface area (Å²) in [5.74, 6) is -0.413. The van der Waals surface area contributed by atoms with Gasteiger partial charge in [0.15, 0.2) is 0 Å². The van der Waals surface area contributed by atoms with Gasteiger partial charge in [0, 0.05) is 11.6 Å². The number of halogens is 2. The van der Waals surface area contributed by atoms with Crippen molar-refractivity contribution in [2.75, 3.05) is 20.8 Å². The monoisotopic (exact) mass is 477 g/mol. The highest BCUT2D eigenvalue weighted by atomic mass is 35.5. The fourth-order valence-corrected chi connectivity index (χ4v) is 4.45. The van der Waals surface area contributed by atoms with Gasteiger partial charge < -0.3 is 19.5 Å². The number of allylic oxidation sites excluding steroid dienone is 1. The van der Waals surface area contributed by atoms with Crippen molar-refractivity contribution in [1.82, 2.24) is 5.32 Å². The lowest BCUT2D eigenvalue weighted by Crippen LogP contribution is -2.34. The molecule has 0 unspecified atom stereocenters. The first-order valence-corrected chi connectivity index (χ1v) is 11.0. The van der Waals surface area contributed by atoms with Crippen LogP contribution in [0, 0.1) is 5.92 Å². The first-order valence-electron chi connectivity index (χ1n) is 10.2. The van der Waals surface area contributed by atoms with Crippen LogP contribution in [-0.2, 0) is 9.53 Å². The molecule has 2 aromatic carbocycles. The normalized spacial score (nSPS) is 18.2. The summed E-state index contributed by atoms with van der Waals surface area (Å²) in [6.07, 6.45) is 4.28. The third-order valence-electron chi connectivity index (χ3n) is 5.36. The van der Waals surface area contributed by atoms with E-state index in [-0.39, 0.29) is 46.1 Å². The molecular weight excluding hydrogens is 453 g/mol. The summed E-state index contributed by atoms with van der Waals surface area (Å²) in [7, 11) is 3.11. The number of amides is 1. The molecule has 8 heteroatoms. The van der Waals surface area contributed by atoms with Crippen molar-refractivity contribution >= 4 is 35.1 Å². The lowest BCUT2D eigenvalue weighted by molar-refractivity contribution is -0.146. The Morgan fingerprint density at radius 2 is 1.81 bits per heavy atom. The summed E-state index contributed by atoms with van der Waals surface area (Å²) >= 11 is 12.3. The van der Waals surface area contributed by atoms with E-state index in [1.54, 1.807) is 57.5 Å². The van der Waals surface area contributed by atoms with E-state index in [2.05, 4.69) is 5.32 Å². The molecule has 0 aromatic heterocycles. The van der Waals surface area contributed by atoms with Gasteiger partial charge in [-0.2, -0.15) is 0 Å². The largest absolute Gasteiger partial charge is 0.497 e. The number of ether oxygens (including phenoxy) is 3. The Balaban J connectivity index is 1.84. The zero-order chi connectivity index (χ0) is 23.3. The van der Waals surface area contributed by atoms with Crippen LogP contribution in [0.4, 0.5) is 0 Å². The van der Waals surface area contributed by atoms with Crippen molar-refractivity contribution in [3.05, 3.63) is 69.7 Å². The van der Waals surface area contributed by atoms with Gasteiger partial charge in [-0.25, -0.2) is 0 Å². The number of carbonyl (C=O) groups excluding carboxylic acids is 2. The van der Waals surface area contributed by atoms with Gasteiger partial charge in [0.25, 0.3) is 5.91 Å². The summed E-state index contributed by atoms with van der Waals surface area (Å²) in [6, 6.07) is 9.92. The topological polar surface area (TPSA) is 73.9 Å². The zero-order valence-electron chi connectivity index (χ0n) is 18.1. The molecule has 1 N–H and O–H groups in total. The van der Waals surface area contributed by atoms with Crippen molar-refractivity contribution in [3.63, 3.8) is 0 Å². The van der Waals surface area contributed by atoms with Crippen LogP contribution in [0.2, 0.25) is 10.0 Å². The number of hydrogen-bond donors (Lipinski definition) is 1. The van der Waals surface area contributed by atoms with Crippen LogP contribution in [0.3, 0.4) is 0 Å². The molecule has 3 atom stereocenters. The average molecular weight is 478 g/mol.